The van der Waals surface area contributed by atoms with E-state index in [2.05, 4.69) is 28.0 Å². The average Bonchev–Trinajstić information content (AvgIpc) is 3.49. The van der Waals surface area contributed by atoms with Crippen molar-refractivity contribution in [2.75, 3.05) is 58.4 Å². The van der Waals surface area contributed by atoms with Crippen LogP contribution in [-0.4, -0.2) is 81.5 Å². The number of carbonyl (C=O) groups is 1. The van der Waals surface area contributed by atoms with Crippen molar-refractivity contribution in [3.05, 3.63) is 40.8 Å². The van der Waals surface area contributed by atoms with Crippen LogP contribution >= 0.6 is 11.3 Å². The molecule has 0 aliphatic carbocycles. The maximum Gasteiger partial charge on any atom is 0.410 e. The van der Waals surface area contributed by atoms with Gasteiger partial charge in [0, 0.05) is 49.9 Å². The van der Waals surface area contributed by atoms with E-state index >= 15 is 0 Å². The van der Waals surface area contributed by atoms with Crippen LogP contribution in [0.1, 0.15) is 55.4 Å². The molecule has 1 amide bonds. The van der Waals surface area contributed by atoms with Crippen LogP contribution in [-0.2, 0) is 4.74 Å². The zero-order valence-electron chi connectivity index (χ0n) is 23.6. The van der Waals surface area contributed by atoms with E-state index in [1.54, 1.807) is 25.6 Å². The van der Waals surface area contributed by atoms with Crippen molar-refractivity contribution < 1.29 is 19.0 Å². The summed E-state index contributed by atoms with van der Waals surface area (Å²) in [5.74, 6) is 1.23. The summed E-state index contributed by atoms with van der Waals surface area (Å²) in [6, 6.07) is 12.6. The molecule has 1 aromatic carbocycles. The third-order valence-electron chi connectivity index (χ3n) is 8.37. The third-order valence-corrected chi connectivity index (χ3v) is 9.46. The topological polar surface area (TPSA) is 78.3 Å². The molecule has 9 heteroatoms. The average molecular weight is 565 g/mol. The van der Waals surface area contributed by atoms with Gasteiger partial charge in [-0.25, -0.2) is 4.79 Å². The van der Waals surface area contributed by atoms with E-state index in [1.165, 1.54) is 37.4 Å². The van der Waals surface area contributed by atoms with Crippen LogP contribution in [0.15, 0.2) is 30.3 Å². The Kier molecular flexibility index (Phi) is 9.50. The Hall–Kier alpha value is -3.22. The number of likely N-dealkylation sites (tertiary alicyclic amines) is 2. The lowest BCUT2D eigenvalue weighted by Crippen LogP contribution is -2.49. The molecule has 2 aromatic rings. The summed E-state index contributed by atoms with van der Waals surface area (Å²) in [6.07, 6.45) is 9.49. The van der Waals surface area contributed by atoms with Crippen molar-refractivity contribution >= 4 is 34.1 Å². The van der Waals surface area contributed by atoms with Gasteiger partial charge < -0.3 is 28.9 Å². The minimum Gasteiger partial charge on any atom is -0.493 e. The molecule has 1 aromatic heterocycles. The number of nitriles is 1. The van der Waals surface area contributed by atoms with Crippen LogP contribution in [0.25, 0.3) is 11.6 Å². The fourth-order valence-corrected chi connectivity index (χ4v) is 7.03. The van der Waals surface area contributed by atoms with Gasteiger partial charge in [0.2, 0.25) is 0 Å². The minimum atomic E-state index is -0.140. The van der Waals surface area contributed by atoms with Gasteiger partial charge in [-0.2, -0.15) is 5.26 Å². The van der Waals surface area contributed by atoms with Crippen LogP contribution in [0.3, 0.4) is 0 Å². The molecular weight excluding hydrogens is 524 g/mol. The number of allylic oxidation sites excluding steroid dienone is 1. The lowest BCUT2D eigenvalue weighted by molar-refractivity contribution is 0.0347. The van der Waals surface area contributed by atoms with Gasteiger partial charge in [-0.15, -0.1) is 11.3 Å². The van der Waals surface area contributed by atoms with E-state index < -0.39 is 0 Å². The molecule has 0 bridgehead atoms. The number of benzene rings is 1. The molecule has 8 nitrogen and oxygen atoms in total. The molecule has 0 unspecified atom stereocenters. The minimum absolute atomic E-state index is 0.0295. The van der Waals surface area contributed by atoms with Gasteiger partial charge in [0.05, 0.1) is 30.9 Å². The van der Waals surface area contributed by atoms with E-state index in [9.17, 15) is 10.1 Å². The molecule has 3 fully saturated rings. The summed E-state index contributed by atoms with van der Waals surface area (Å²) >= 11 is 1.67. The quantitative estimate of drug-likeness (QED) is 0.388. The zero-order chi connectivity index (χ0) is 27.9. The Bertz CT molecular complexity index is 1220. The Morgan fingerprint density at radius 1 is 0.925 bits per heavy atom. The molecule has 4 heterocycles. The first kappa shape index (κ1) is 28.3. The number of piperidine rings is 3. The van der Waals surface area contributed by atoms with Crippen molar-refractivity contribution in [3.63, 3.8) is 0 Å². The number of ether oxygens (including phenoxy) is 3. The SMILES string of the molecule is COc1ccc(/C(C#N)=C/c2ccc(N3CCC(OC(=O)N4CCC(N5CCCCC5)CC4)CC3)s2)cc1OC. The summed E-state index contributed by atoms with van der Waals surface area (Å²) in [4.78, 5) is 20.8. The van der Waals surface area contributed by atoms with E-state index in [1.807, 2.05) is 29.2 Å². The summed E-state index contributed by atoms with van der Waals surface area (Å²) in [5.41, 5.74) is 1.35. The first-order valence-corrected chi connectivity index (χ1v) is 15.3. The fourth-order valence-electron chi connectivity index (χ4n) is 6.02. The number of thiophene rings is 1. The van der Waals surface area contributed by atoms with Crippen molar-refractivity contribution in [1.29, 1.82) is 5.26 Å². The number of hydrogen-bond acceptors (Lipinski definition) is 8. The normalized spacial score (nSPS) is 19.8. The zero-order valence-corrected chi connectivity index (χ0v) is 24.5. The van der Waals surface area contributed by atoms with E-state index in [0.29, 0.717) is 23.1 Å². The molecule has 3 saturated heterocycles. The summed E-state index contributed by atoms with van der Waals surface area (Å²) < 4.78 is 16.7. The predicted molar refractivity (Wildman–Crippen MR) is 159 cm³/mol. The third kappa shape index (κ3) is 6.73. The number of hydrogen-bond donors (Lipinski definition) is 0. The molecule has 3 aliphatic rings. The number of carbonyl (C=O) groups excluding carboxylic acids is 1. The predicted octanol–water partition coefficient (Wildman–Crippen LogP) is 5.89. The highest BCUT2D eigenvalue weighted by Gasteiger charge is 2.30. The number of rotatable bonds is 7. The second-order valence-corrected chi connectivity index (χ2v) is 11.9. The lowest BCUT2D eigenvalue weighted by Gasteiger charge is -2.40. The number of methoxy groups -OCH3 is 2. The highest BCUT2D eigenvalue weighted by Crippen LogP contribution is 2.34. The molecule has 0 saturated carbocycles. The van der Waals surface area contributed by atoms with Crippen LogP contribution in [0.2, 0.25) is 0 Å². The van der Waals surface area contributed by atoms with Crippen molar-refractivity contribution in [1.82, 2.24) is 9.80 Å². The largest absolute Gasteiger partial charge is 0.493 e. The van der Waals surface area contributed by atoms with Gasteiger partial charge in [0.25, 0.3) is 0 Å². The summed E-state index contributed by atoms with van der Waals surface area (Å²) in [6.45, 7) is 5.73. The highest BCUT2D eigenvalue weighted by molar-refractivity contribution is 7.17. The molecule has 0 N–H and O–H groups in total. The monoisotopic (exact) mass is 564 g/mol. The molecule has 0 radical (unpaired) electrons. The van der Waals surface area contributed by atoms with E-state index in [4.69, 9.17) is 14.2 Å². The van der Waals surface area contributed by atoms with Crippen molar-refractivity contribution in [2.24, 2.45) is 0 Å². The second-order valence-electron chi connectivity index (χ2n) is 10.8. The Morgan fingerprint density at radius 3 is 2.33 bits per heavy atom. The van der Waals surface area contributed by atoms with Crippen LogP contribution in [0, 0.1) is 11.3 Å². The molecule has 5 rings (SSSR count). The van der Waals surface area contributed by atoms with Crippen LogP contribution in [0.4, 0.5) is 9.80 Å². The Morgan fingerprint density at radius 2 is 1.65 bits per heavy atom. The molecule has 40 heavy (non-hydrogen) atoms. The van der Waals surface area contributed by atoms with Crippen LogP contribution in [0.5, 0.6) is 11.5 Å². The molecular formula is C31H40N4O4S. The van der Waals surface area contributed by atoms with Gasteiger partial charge in [0.15, 0.2) is 11.5 Å². The second kappa shape index (κ2) is 13.4. The van der Waals surface area contributed by atoms with Gasteiger partial charge in [0.1, 0.15) is 6.10 Å². The molecule has 3 aliphatic heterocycles. The van der Waals surface area contributed by atoms with Gasteiger partial charge in [-0.1, -0.05) is 6.42 Å². The first-order valence-electron chi connectivity index (χ1n) is 14.5. The maximum atomic E-state index is 12.9. The lowest BCUT2D eigenvalue weighted by atomic mass is 10.0. The Labute approximate surface area is 241 Å². The van der Waals surface area contributed by atoms with Gasteiger partial charge in [-0.3, -0.25) is 0 Å². The summed E-state index contributed by atoms with van der Waals surface area (Å²) in [5, 5.41) is 11.0. The smallest absolute Gasteiger partial charge is 0.410 e. The molecule has 0 atom stereocenters. The molecule has 214 valence electrons. The Balaban J connectivity index is 1.11. The highest BCUT2D eigenvalue weighted by atomic mass is 32.1. The molecule has 0 spiro atoms. The van der Waals surface area contributed by atoms with E-state index in [-0.39, 0.29) is 12.2 Å². The first-order chi connectivity index (χ1) is 19.6. The fraction of sp³-hybridized carbons (Fsp3) is 0.548. The number of anilines is 1. The van der Waals surface area contributed by atoms with Crippen molar-refractivity contribution in [3.8, 4) is 17.6 Å². The number of nitrogens with zero attached hydrogens (tertiary/aromatic N) is 4. The standard InChI is InChI=1S/C31H40N4O4S/c1-37-28-8-6-23(21-29(28)38-2)24(22-32)20-27-7-9-30(40-27)34-18-12-26(13-19-34)39-31(36)35-16-10-25(11-17-35)33-14-4-3-5-15-33/h6-9,20-21,25-26H,3-5,10-19H2,1-2H3/b24-20+. The maximum absolute atomic E-state index is 12.9. The van der Waals surface area contributed by atoms with Gasteiger partial charge >= 0.3 is 6.09 Å². The van der Waals surface area contributed by atoms with Crippen molar-refractivity contribution in [2.45, 2.75) is 57.1 Å². The number of amides is 1. The van der Waals surface area contributed by atoms with E-state index in [0.717, 1.165) is 62.3 Å². The van der Waals surface area contributed by atoms with Gasteiger partial charge in [-0.05, 0) is 80.7 Å². The summed E-state index contributed by atoms with van der Waals surface area (Å²) in [7, 11) is 3.18. The van der Waals surface area contributed by atoms with Crippen LogP contribution < -0.4 is 14.4 Å².